The molecule has 0 aliphatic carbocycles. The molecular formula is C31H23N3O8. The summed E-state index contributed by atoms with van der Waals surface area (Å²) in [5.74, 6) is -1.68. The van der Waals surface area contributed by atoms with Gasteiger partial charge in [0.15, 0.2) is 6.10 Å². The number of carbonyl (C=O) groups is 3. The Bertz CT molecular complexity index is 1670. The zero-order chi connectivity index (χ0) is 29.4. The van der Waals surface area contributed by atoms with Crippen LogP contribution in [0.25, 0.3) is 0 Å². The third kappa shape index (κ3) is 4.71. The van der Waals surface area contributed by atoms with E-state index in [2.05, 4.69) is 0 Å². The lowest BCUT2D eigenvalue weighted by Crippen LogP contribution is -2.37. The Morgan fingerprint density at radius 3 is 2.19 bits per heavy atom. The average Bonchev–Trinajstić information content (AvgIpc) is 3.53. The van der Waals surface area contributed by atoms with Crippen LogP contribution >= 0.6 is 0 Å². The first-order valence-corrected chi connectivity index (χ1v) is 13.0. The monoisotopic (exact) mass is 565 g/mol. The Hall–Kier alpha value is -5.55. The smallest absolute Gasteiger partial charge is 0.343 e. The number of fused-ring (bicyclic) bond motifs is 1. The van der Waals surface area contributed by atoms with Gasteiger partial charge in [-0.25, -0.2) is 14.8 Å². The van der Waals surface area contributed by atoms with Crippen LogP contribution < -0.4 is 19.4 Å². The first-order chi connectivity index (χ1) is 20.4. The second kappa shape index (κ2) is 10.8. The first kappa shape index (κ1) is 26.7. The van der Waals surface area contributed by atoms with Gasteiger partial charge in [-0.05, 0) is 60.2 Å². The SMILES string of the molecule is COc1ccc(N2C(=O)[C@@H]3[C@@H](ON(c4cccc([N+](=O)[O-])c4)[C@H]3c3ccc(OC(=O)c4ccccc4)cc3)C2=O)cc1. The lowest BCUT2D eigenvalue weighted by molar-refractivity contribution is -0.384. The molecule has 2 aliphatic heterocycles. The number of esters is 1. The van der Waals surface area contributed by atoms with E-state index in [1.165, 1.54) is 30.4 Å². The summed E-state index contributed by atoms with van der Waals surface area (Å²) in [7, 11) is 1.51. The normalized spacial score (nSPS) is 19.5. The number of benzene rings is 4. The molecule has 0 N–H and O–H groups in total. The van der Waals surface area contributed by atoms with Crippen LogP contribution in [0, 0.1) is 16.0 Å². The van der Waals surface area contributed by atoms with Crippen molar-refractivity contribution in [2.45, 2.75) is 12.1 Å². The van der Waals surface area contributed by atoms with Gasteiger partial charge in [-0.15, -0.1) is 0 Å². The average molecular weight is 566 g/mol. The Morgan fingerprint density at radius 1 is 0.833 bits per heavy atom. The summed E-state index contributed by atoms with van der Waals surface area (Å²) < 4.78 is 10.7. The maximum atomic E-state index is 13.8. The zero-order valence-electron chi connectivity index (χ0n) is 22.2. The van der Waals surface area contributed by atoms with E-state index in [4.69, 9.17) is 14.3 Å². The van der Waals surface area contributed by atoms with Gasteiger partial charge in [0.2, 0.25) is 5.91 Å². The standard InChI is InChI=1S/C31H23N3O8/c1-40-24-16-12-21(13-17-24)32-29(35)26-27(19-10-14-25(15-11-19)41-31(37)20-6-3-2-4-7-20)33(42-28(26)30(32)36)22-8-5-9-23(18-22)34(38)39/h2-18,26-28H,1H3/t26-,27-,28+/m0/s1. The molecule has 210 valence electrons. The van der Waals surface area contributed by atoms with Gasteiger partial charge in [-0.3, -0.25) is 24.5 Å². The number of nitro benzene ring substituents is 1. The molecule has 2 heterocycles. The second-order valence-electron chi connectivity index (χ2n) is 9.63. The number of non-ortho nitro benzene ring substituents is 1. The molecule has 0 spiro atoms. The highest BCUT2D eigenvalue weighted by molar-refractivity contribution is 6.24. The summed E-state index contributed by atoms with van der Waals surface area (Å²) in [6.45, 7) is 0. The number of methoxy groups -OCH3 is 1. The Morgan fingerprint density at radius 2 is 1.52 bits per heavy atom. The highest BCUT2D eigenvalue weighted by Crippen LogP contribution is 2.48. The van der Waals surface area contributed by atoms with E-state index in [9.17, 15) is 24.5 Å². The van der Waals surface area contributed by atoms with Crippen molar-refractivity contribution in [1.82, 2.24) is 0 Å². The molecule has 2 amide bonds. The molecule has 0 radical (unpaired) electrons. The number of hydrogen-bond donors (Lipinski definition) is 0. The molecule has 11 nitrogen and oxygen atoms in total. The number of carbonyl (C=O) groups excluding carboxylic acids is 3. The summed E-state index contributed by atoms with van der Waals surface area (Å²) in [4.78, 5) is 58.0. The number of rotatable bonds is 7. The third-order valence-electron chi connectivity index (χ3n) is 7.18. The number of nitrogens with zero attached hydrogens (tertiary/aromatic N) is 3. The fourth-order valence-electron chi connectivity index (χ4n) is 5.18. The number of hydrogen-bond acceptors (Lipinski definition) is 9. The fourth-order valence-corrected chi connectivity index (χ4v) is 5.18. The topological polar surface area (TPSA) is 129 Å². The zero-order valence-corrected chi connectivity index (χ0v) is 22.2. The molecule has 2 aliphatic rings. The Labute approximate surface area is 239 Å². The van der Waals surface area contributed by atoms with Crippen molar-refractivity contribution >= 4 is 34.8 Å². The van der Waals surface area contributed by atoms with Crippen molar-refractivity contribution in [3.05, 3.63) is 124 Å². The molecule has 6 rings (SSSR count). The minimum absolute atomic E-state index is 0.174. The van der Waals surface area contributed by atoms with Crippen LogP contribution in [0.3, 0.4) is 0 Å². The van der Waals surface area contributed by atoms with E-state index in [0.29, 0.717) is 28.3 Å². The van der Waals surface area contributed by atoms with Gasteiger partial charge in [0, 0.05) is 12.1 Å². The predicted molar refractivity (Wildman–Crippen MR) is 150 cm³/mol. The van der Waals surface area contributed by atoms with E-state index in [1.54, 1.807) is 84.9 Å². The summed E-state index contributed by atoms with van der Waals surface area (Å²) in [6, 6.07) is 26.5. The number of ether oxygens (including phenoxy) is 2. The second-order valence-corrected chi connectivity index (χ2v) is 9.63. The lowest BCUT2D eigenvalue weighted by Gasteiger charge is -2.28. The summed E-state index contributed by atoms with van der Waals surface area (Å²) in [5.41, 5.74) is 1.46. The maximum absolute atomic E-state index is 13.8. The van der Waals surface area contributed by atoms with Gasteiger partial charge in [-0.2, -0.15) is 0 Å². The molecule has 0 aromatic heterocycles. The van der Waals surface area contributed by atoms with E-state index >= 15 is 0 Å². The van der Waals surface area contributed by atoms with Crippen molar-refractivity contribution in [3.8, 4) is 11.5 Å². The van der Waals surface area contributed by atoms with Gasteiger partial charge in [-0.1, -0.05) is 36.4 Å². The number of amides is 2. The van der Waals surface area contributed by atoms with Crippen molar-refractivity contribution in [3.63, 3.8) is 0 Å². The molecular weight excluding hydrogens is 542 g/mol. The Kier molecular flexibility index (Phi) is 6.85. The van der Waals surface area contributed by atoms with Crippen LogP contribution in [-0.2, 0) is 14.4 Å². The highest BCUT2D eigenvalue weighted by atomic mass is 16.7. The summed E-state index contributed by atoms with van der Waals surface area (Å²) >= 11 is 0. The molecule has 4 aromatic carbocycles. The maximum Gasteiger partial charge on any atom is 0.343 e. The number of hydroxylamine groups is 1. The molecule has 2 fully saturated rings. The summed E-state index contributed by atoms with van der Waals surface area (Å²) in [5, 5.41) is 12.8. The van der Waals surface area contributed by atoms with E-state index in [1.807, 2.05) is 0 Å². The fraction of sp³-hybridized carbons (Fsp3) is 0.129. The molecule has 3 atom stereocenters. The molecule has 0 bridgehead atoms. The number of nitro groups is 1. The largest absolute Gasteiger partial charge is 0.497 e. The molecule has 2 saturated heterocycles. The molecule has 4 aromatic rings. The first-order valence-electron chi connectivity index (χ1n) is 13.0. The van der Waals surface area contributed by atoms with Crippen molar-refractivity contribution in [2.75, 3.05) is 17.1 Å². The van der Waals surface area contributed by atoms with Crippen LogP contribution in [0.5, 0.6) is 11.5 Å². The molecule has 0 unspecified atom stereocenters. The third-order valence-corrected chi connectivity index (χ3v) is 7.18. The molecule has 42 heavy (non-hydrogen) atoms. The van der Waals surface area contributed by atoms with Gasteiger partial charge < -0.3 is 9.47 Å². The van der Waals surface area contributed by atoms with E-state index < -0.39 is 40.8 Å². The van der Waals surface area contributed by atoms with E-state index in [0.717, 1.165) is 4.90 Å². The van der Waals surface area contributed by atoms with Crippen LogP contribution in [-0.4, -0.2) is 35.9 Å². The molecule has 11 heteroatoms. The van der Waals surface area contributed by atoms with Crippen LogP contribution in [0.4, 0.5) is 17.1 Å². The minimum Gasteiger partial charge on any atom is -0.497 e. The quantitative estimate of drug-likeness (QED) is 0.101. The van der Waals surface area contributed by atoms with Gasteiger partial charge in [0.1, 0.15) is 17.4 Å². The van der Waals surface area contributed by atoms with Crippen molar-refractivity contribution in [2.24, 2.45) is 5.92 Å². The van der Waals surface area contributed by atoms with Crippen LogP contribution in [0.15, 0.2) is 103 Å². The number of imide groups is 1. The van der Waals surface area contributed by atoms with Crippen LogP contribution in [0.2, 0.25) is 0 Å². The van der Waals surface area contributed by atoms with Crippen molar-refractivity contribution < 1.29 is 33.6 Å². The van der Waals surface area contributed by atoms with Gasteiger partial charge in [0.25, 0.3) is 11.6 Å². The predicted octanol–water partition coefficient (Wildman–Crippen LogP) is 4.87. The lowest BCUT2D eigenvalue weighted by atomic mass is 9.90. The minimum atomic E-state index is -1.17. The summed E-state index contributed by atoms with van der Waals surface area (Å²) in [6.07, 6.45) is -1.17. The molecule has 0 saturated carbocycles. The van der Waals surface area contributed by atoms with Crippen molar-refractivity contribution in [1.29, 1.82) is 0 Å². The Balaban J connectivity index is 1.35. The van der Waals surface area contributed by atoms with E-state index in [-0.39, 0.29) is 11.4 Å². The van der Waals surface area contributed by atoms with Gasteiger partial charge in [0.05, 0.1) is 35.0 Å². The highest BCUT2D eigenvalue weighted by Gasteiger charge is 2.60. The van der Waals surface area contributed by atoms with Gasteiger partial charge >= 0.3 is 5.97 Å². The number of anilines is 2. The van der Waals surface area contributed by atoms with Crippen LogP contribution in [0.1, 0.15) is 22.0 Å².